The van der Waals surface area contributed by atoms with E-state index in [0.717, 1.165) is 42.1 Å². The fraction of sp³-hybridized carbons (Fsp3) is 0.389. The summed E-state index contributed by atoms with van der Waals surface area (Å²) in [5, 5.41) is 2.92. The SMILES string of the molecule is CCCCOc1ccc(CN=C(N)Nc2nc(C)cc(C)n2)cc1. The molecule has 6 nitrogen and oxygen atoms in total. The molecule has 1 aromatic heterocycles. The number of hydrogen-bond acceptors (Lipinski definition) is 4. The van der Waals surface area contributed by atoms with Gasteiger partial charge in [0.1, 0.15) is 5.75 Å². The van der Waals surface area contributed by atoms with Gasteiger partial charge in [0, 0.05) is 11.4 Å². The van der Waals surface area contributed by atoms with E-state index in [4.69, 9.17) is 10.5 Å². The number of nitrogens with two attached hydrogens (primary N) is 1. The van der Waals surface area contributed by atoms with Gasteiger partial charge in [0.05, 0.1) is 13.2 Å². The first-order valence-corrected chi connectivity index (χ1v) is 8.18. The first-order valence-electron chi connectivity index (χ1n) is 8.18. The van der Waals surface area contributed by atoms with Crippen molar-refractivity contribution in [3.63, 3.8) is 0 Å². The van der Waals surface area contributed by atoms with Crippen LogP contribution in [0.5, 0.6) is 5.75 Å². The molecule has 1 aromatic carbocycles. The molecule has 0 amide bonds. The van der Waals surface area contributed by atoms with E-state index in [9.17, 15) is 0 Å². The van der Waals surface area contributed by atoms with Crippen LogP contribution >= 0.6 is 0 Å². The maximum atomic E-state index is 5.90. The van der Waals surface area contributed by atoms with Crippen LogP contribution in [0.25, 0.3) is 0 Å². The molecule has 0 saturated heterocycles. The minimum Gasteiger partial charge on any atom is -0.494 e. The van der Waals surface area contributed by atoms with E-state index < -0.39 is 0 Å². The molecule has 0 bridgehead atoms. The van der Waals surface area contributed by atoms with Crippen LogP contribution in [0.4, 0.5) is 5.95 Å². The van der Waals surface area contributed by atoms with Gasteiger partial charge in [0.2, 0.25) is 5.95 Å². The van der Waals surface area contributed by atoms with E-state index in [1.807, 2.05) is 44.2 Å². The second kappa shape index (κ2) is 8.86. The minimum atomic E-state index is 0.295. The van der Waals surface area contributed by atoms with Crippen LogP contribution in [0.2, 0.25) is 0 Å². The highest BCUT2D eigenvalue weighted by Gasteiger charge is 2.01. The number of aliphatic imine (C=N–C) groups is 1. The number of nitrogens with one attached hydrogen (secondary N) is 1. The summed E-state index contributed by atoms with van der Waals surface area (Å²) in [6, 6.07) is 9.80. The zero-order valence-corrected chi connectivity index (χ0v) is 14.5. The van der Waals surface area contributed by atoms with Crippen molar-refractivity contribution in [2.75, 3.05) is 11.9 Å². The van der Waals surface area contributed by atoms with Gasteiger partial charge in [-0.1, -0.05) is 25.5 Å². The van der Waals surface area contributed by atoms with Crippen molar-refractivity contribution in [1.29, 1.82) is 0 Å². The summed E-state index contributed by atoms with van der Waals surface area (Å²) < 4.78 is 5.64. The third-order valence-corrected chi connectivity index (χ3v) is 3.34. The Morgan fingerprint density at radius 3 is 2.46 bits per heavy atom. The third-order valence-electron chi connectivity index (χ3n) is 3.34. The molecule has 0 spiro atoms. The molecule has 1 heterocycles. The second-order valence-electron chi connectivity index (χ2n) is 5.65. The Hall–Kier alpha value is -2.63. The molecule has 128 valence electrons. The summed E-state index contributed by atoms with van der Waals surface area (Å²) >= 11 is 0. The molecule has 0 radical (unpaired) electrons. The van der Waals surface area contributed by atoms with E-state index in [2.05, 4.69) is 27.2 Å². The van der Waals surface area contributed by atoms with Crippen molar-refractivity contribution in [2.24, 2.45) is 10.7 Å². The number of ether oxygens (including phenoxy) is 1. The summed E-state index contributed by atoms with van der Waals surface area (Å²) in [6.45, 7) is 7.21. The number of anilines is 1. The maximum absolute atomic E-state index is 5.90. The van der Waals surface area contributed by atoms with Crippen molar-refractivity contribution in [3.05, 3.63) is 47.3 Å². The highest BCUT2D eigenvalue weighted by atomic mass is 16.5. The molecule has 2 aromatic rings. The Morgan fingerprint density at radius 2 is 1.83 bits per heavy atom. The predicted octanol–water partition coefficient (Wildman–Crippen LogP) is 3.20. The van der Waals surface area contributed by atoms with Gasteiger partial charge < -0.3 is 10.5 Å². The summed E-state index contributed by atoms with van der Waals surface area (Å²) in [4.78, 5) is 12.9. The van der Waals surface area contributed by atoms with Gasteiger partial charge in [-0.3, -0.25) is 5.32 Å². The number of rotatable bonds is 7. The highest BCUT2D eigenvalue weighted by Crippen LogP contribution is 2.13. The maximum Gasteiger partial charge on any atom is 0.229 e. The van der Waals surface area contributed by atoms with E-state index in [0.29, 0.717) is 18.5 Å². The van der Waals surface area contributed by atoms with Gasteiger partial charge in [-0.15, -0.1) is 0 Å². The van der Waals surface area contributed by atoms with E-state index in [1.54, 1.807) is 0 Å². The lowest BCUT2D eigenvalue weighted by Crippen LogP contribution is -2.24. The van der Waals surface area contributed by atoms with Crippen molar-refractivity contribution in [3.8, 4) is 5.75 Å². The van der Waals surface area contributed by atoms with Crippen LogP contribution in [0, 0.1) is 13.8 Å². The average Bonchev–Trinajstić information content (AvgIpc) is 2.53. The largest absolute Gasteiger partial charge is 0.494 e. The number of benzene rings is 1. The molecular weight excluding hydrogens is 302 g/mol. The van der Waals surface area contributed by atoms with Crippen molar-refractivity contribution in [1.82, 2.24) is 9.97 Å². The molecule has 0 unspecified atom stereocenters. The van der Waals surface area contributed by atoms with E-state index in [-0.39, 0.29) is 0 Å². The van der Waals surface area contributed by atoms with E-state index in [1.165, 1.54) is 0 Å². The summed E-state index contributed by atoms with van der Waals surface area (Å²) in [6.07, 6.45) is 2.19. The van der Waals surface area contributed by atoms with Gasteiger partial charge >= 0.3 is 0 Å². The first kappa shape index (κ1) is 17.7. The normalized spacial score (nSPS) is 11.4. The summed E-state index contributed by atoms with van der Waals surface area (Å²) in [7, 11) is 0. The van der Waals surface area contributed by atoms with Gasteiger partial charge in [-0.25, -0.2) is 15.0 Å². The molecule has 24 heavy (non-hydrogen) atoms. The lowest BCUT2D eigenvalue weighted by atomic mass is 10.2. The fourth-order valence-corrected chi connectivity index (χ4v) is 2.14. The van der Waals surface area contributed by atoms with Crippen LogP contribution in [-0.2, 0) is 6.54 Å². The van der Waals surface area contributed by atoms with Gasteiger partial charge in [-0.2, -0.15) is 0 Å². The quantitative estimate of drug-likeness (QED) is 0.463. The molecule has 0 saturated carbocycles. The van der Waals surface area contributed by atoms with Crippen molar-refractivity contribution < 1.29 is 4.74 Å². The predicted molar refractivity (Wildman–Crippen MR) is 97.3 cm³/mol. The molecule has 2 rings (SSSR count). The molecule has 0 aliphatic rings. The lowest BCUT2D eigenvalue weighted by molar-refractivity contribution is 0.309. The Bertz CT molecular complexity index is 662. The lowest BCUT2D eigenvalue weighted by Gasteiger charge is -2.07. The average molecular weight is 327 g/mol. The smallest absolute Gasteiger partial charge is 0.229 e. The van der Waals surface area contributed by atoms with E-state index >= 15 is 0 Å². The summed E-state index contributed by atoms with van der Waals surface area (Å²) in [5.41, 5.74) is 8.73. The first-order chi connectivity index (χ1) is 11.6. The molecule has 0 atom stereocenters. The van der Waals surface area contributed by atoms with Gasteiger partial charge in [-0.05, 0) is 44.0 Å². The van der Waals surface area contributed by atoms with Gasteiger partial charge in [0.25, 0.3) is 0 Å². The number of nitrogens with zero attached hydrogens (tertiary/aromatic N) is 3. The Morgan fingerprint density at radius 1 is 1.17 bits per heavy atom. The molecule has 3 N–H and O–H groups in total. The zero-order valence-electron chi connectivity index (χ0n) is 14.5. The highest BCUT2D eigenvalue weighted by molar-refractivity contribution is 5.90. The van der Waals surface area contributed by atoms with Crippen LogP contribution < -0.4 is 15.8 Å². The van der Waals surface area contributed by atoms with Crippen molar-refractivity contribution >= 4 is 11.9 Å². The molecule has 6 heteroatoms. The zero-order chi connectivity index (χ0) is 17.4. The van der Waals surface area contributed by atoms with Gasteiger partial charge in [0.15, 0.2) is 5.96 Å². The third kappa shape index (κ3) is 5.87. The minimum absolute atomic E-state index is 0.295. The topological polar surface area (TPSA) is 85.4 Å². The molecule has 0 fully saturated rings. The standard InChI is InChI=1S/C18H25N5O/c1-4-5-10-24-16-8-6-15(7-9-16)12-20-17(19)23-18-21-13(2)11-14(3)22-18/h6-9,11H,4-5,10,12H2,1-3H3,(H3,19,20,21,22,23). The fourth-order valence-electron chi connectivity index (χ4n) is 2.14. The van der Waals surface area contributed by atoms with Crippen LogP contribution in [0.15, 0.2) is 35.3 Å². The van der Waals surface area contributed by atoms with Crippen LogP contribution in [-0.4, -0.2) is 22.5 Å². The monoisotopic (exact) mass is 327 g/mol. The molecule has 0 aliphatic heterocycles. The number of hydrogen-bond donors (Lipinski definition) is 2. The number of aromatic nitrogens is 2. The van der Waals surface area contributed by atoms with Crippen molar-refractivity contribution in [2.45, 2.75) is 40.2 Å². The summed E-state index contributed by atoms with van der Waals surface area (Å²) in [5.74, 6) is 1.64. The Balaban J connectivity index is 1.89. The van der Waals surface area contributed by atoms with Crippen LogP contribution in [0.3, 0.4) is 0 Å². The number of aryl methyl sites for hydroxylation is 2. The molecular formula is C18H25N5O. The Kier molecular flexibility index (Phi) is 6.54. The second-order valence-corrected chi connectivity index (χ2v) is 5.65. The Labute approximate surface area is 143 Å². The molecule has 0 aliphatic carbocycles. The number of unbranched alkanes of at least 4 members (excludes halogenated alkanes) is 1. The van der Waals surface area contributed by atoms with Crippen LogP contribution in [0.1, 0.15) is 36.7 Å². The number of guanidine groups is 1.